The van der Waals surface area contributed by atoms with Gasteiger partial charge in [0.05, 0.1) is 0 Å². The lowest BCUT2D eigenvalue weighted by Gasteiger charge is -2.41. The van der Waals surface area contributed by atoms with Gasteiger partial charge in [-0.25, -0.2) is 0 Å². The van der Waals surface area contributed by atoms with Crippen LogP contribution >= 0.6 is 0 Å². The van der Waals surface area contributed by atoms with Gasteiger partial charge >= 0.3 is 0 Å². The number of rotatable bonds is 1. The summed E-state index contributed by atoms with van der Waals surface area (Å²) >= 11 is 0. The quantitative estimate of drug-likeness (QED) is 0.596. The second-order valence-corrected chi connectivity index (χ2v) is 3.74. The fourth-order valence-electron chi connectivity index (χ4n) is 1.52. The van der Waals surface area contributed by atoms with Crippen molar-refractivity contribution < 1.29 is 4.79 Å². The lowest BCUT2D eigenvalue weighted by Crippen LogP contribution is -2.55. The van der Waals surface area contributed by atoms with Crippen LogP contribution in [0.2, 0.25) is 0 Å². The Balaban J connectivity index is 0.000000149. The first-order valence-electron chi connectivity index (χ1n) is 5.16. The van der Waals surface area contributed by atoms with Crippen molar-refractivity contribution in [1.82, 2.24) is 9.80 Å². The Morgan fingerprint density at radius 1 is 1.00 bits per heavy atom. The second-order valence-electron chi connectivity index (χ2n) is 3.74. The molecule has 0 radical (unpaired) electrons. The molecule has 3 aliphatic heterocycles. The van der Waals surface area contributed by atoms with Gasteiger partial charge in [0.1, 0.15) is 5.78 Å². The highest BCUT2D eigenvalue weighted by Gasteiger charge is 2.21. The SMILES string of the molecule is C1CN2CCN1CC2.CCC(C)=O. The van der Waals surface area contributed by atoms with E-state index in [0.717, 1.165) is 0 Å². The molecule has 3 fully saturated rings. The number of carbonyl (C=O) groups excluding carboxylic acids is 1. The van der Waals surface area contributed by atoms with E-state index < -0.39 is 0 Å². The summed E-state index contributed by atoms with van der Waals surface area (Å²) in [4.78, 5) is 14.9. The molecule has 0 aromatic carbocycles. The van der Waals surface area contributed by atoms with E-state index in [4.69, 9.17) is 0 Å². The lowest BCUT2D eigenvalue weighted by molar-refractivity contribution is -0.116. The predicted octanol–water partition coefficient (Wildman–Crippen LogP) is 0.603. The minimum absolute atomic E-state index is 0.255. The number of fused-ring (bicyclic) bond motifs is 3. The summed E-state index contributed by atoms with van der Waals surface area (Å²) < 4.78 is 0. The summed E-state index contributed by atoms with van der Waals surface area (Å²) in [5.41, 5.74) is 0. The molecule has 0 aromatic rings. The fourth-order valence-corrected chi connectivity index (χ4v) is 1.52. The van der Waals surface area contributed by atoms with E-state index in [1.54, 1.807) is 6.92 Å². The molecule has 0 spiro atoms. The number of carbonyl (C=O) groups is 1. The maximum atomic E-state index is 9.81. The molecule has 2 bridgehead atoms. The summed E-state index contributed by atoms with van der Waals surface area (Å²) in [7, 11) is 0. The Morgan fingerprint density at radius 2 is 1.23 bits per heavy atom. The third kappa shape index (κ3) is 3.87. The highest BCUT2D eigenvalue weighted by atomic mass is 16.1. The third-order valence-electron chi connectivity index (χ3n) is 2.70. The molecule has 0 amide bonds. The molecule has 76 valence electrons. The molecule has 0 aromatic heterocycles. The molecule has 3 rings (SSSR count). The van der Waals surface area contributed by atoms with Gasteiger partial charge in [-0.3, -0.25) is 9.80 Å². The van der Waals surface area contributed by atoms with Gasteiger partial charge in [-0.05, 0) is 6.92 Å². The zero-order valence-corrected chi connectivity index (χ0v) is 8.75. The Bertz CT molecular complexity index is 139. The van der Waals surface area contributed by atoms with Gasteiger partial charge in [-0.1, -0.05) is 6.92 Å². The van der Waals surface area contributed by atoms with Gasteiger partial charge in [0.2, 0.25) is 0 Å². The summed E-state index contributed by atoms with van der Waals surface area (Å²) in [6.07, 6.45) is 0.667. The van der Waals surface area contributed by atoms with Crippen LogP contribution in [0.4, 0.5) is 0 Å². The van der Waals surface area contributed by atoms with E-state index in [1.165, 1.54) is 39.3 Å². The van der Waals surface area contributed by atoms with Crippen molar-refractivity contribution in [3.63, 3.8) is 0 Å². The van der Waals surface area contributed by atoms with Crippen molar-refractivity contribution in [2.45, 2.75) is 20.3 Å². The van der Waals surface area contributed by atoms with Crippen LogP contribution in [0.3, 0.4) is 0 Å². The van der Waals surface area contributed by atoms with Crippen molar-refractivity contribution in [3.05, 3.63) is 0 Å². The summed E-state index contributed by atoms with van der Waals surface area (Å²) in [5, 5.41) is 0. The molecule has 0 aliphatic carbocycles. The van der Waals surface area contributed by atoms with Crippen LogP contribution in [0.5, 0.6) is 0 Å². The van der Waals surface area contributed by atoms with Crippen LogP contribution in [-0.2, 0) is 4.79 Å². The molecule has 3 nitrogen and oxygen atoms in total. The molecular formula is C10H20N2O. The largest absolute Gasteiger partial charge is 0.300 e. The Morgan fingerprint density at radius 3 is 1.31 bits per heavy atom. The molecule has 3 heteroatoms. The van der Waals surface area contributed by atoms with E-state index in [9.17, 15) is 4.79 Å². The summed E-state index contributed by atoms with van der Waals surface area (Å²) in [6, 6.07) is 0. The van der Waals surface area contributed by atoms with Gasteiger partial charge in [0, 0.05) is 45.7 Å². The van der Waals surface area contributed by atoms with Crippen molar-refractivity contribution in [3.8, 4) is 0 Å². The fraction of sp³-hybridized carbons (Fsp3) is 0.900. The van der Waals surface area contributed by atoms with Gasteiger partial charge in [-0.15, -0.1) is 0 Å². The minimum Gasteiger partial charge on any atom is -0.300 e. The van der Waals surface area contributed by atoms with Crippen LogP contribution in [-0.4, -0.2) is 54.9 Å². The molecule has 13 heavy (non-hydrogen) atoms. The van der Waals surface area contributed by atoms with E-state index in [2.05, 4.69) is 9.80 Å². The number of piperazine rings is 3. The van der Waals surface area contributed by atoms with Crippen molar-refractivity contribution in [2.75, 3.05) is 39.3 Å². The number of hydrogen-bond acceptors (Lipinski definition) is 3. The Kier molecular flexibility index (Phi) is 4.39. The van der Waals surface area contributed by atoms with Crippen LogP contribution < -0.4 is 0 Å². The van der Waals surface area contributed by atoms with Crippen LogP contribution in [0.15, 0.2) is 0 Å². The third-order valence-corrected chi connectivity index (χ3v) is 2.70. The van der Waals surface area contributed by atoms with Crippen molar-refractivity contribution >= 4 is 5.78 Å². The van der Waals surface area contributed by atoms with Gasteiger partial charge in [0.15, 0.2) is 0 Å². The summed E-state index contributed by atoms with van der Waals surface area (Å²) in [6.45, 7) is 11.3. The minimum atomic E-state index is 0.255. The Hall–Kier alpha value is -0.410. The number of Topliss-reactive ketones (excluding diaryl/α,β-unsaturated/α-hetero) is 1. The first-order chi connectivity index (χ1) is 6.22. The second kappa shape index (κ2) is 5.35. The molecule has 0 saturated carbocycles. The van der Waals surface area contributed by atoms with Crippen LogP contribution in [0.1, 0.15) is 20.3 Å². The van der Waals surface area contributed by atoms with Gasteiger partial charge in [-0.2, -0.15) is 0 Å². The first kappa shape index (κ1) is 10.7. The molecular weight excluding hydrogens is 164 g/mol. The average Bonchev–Trinajstić information content (AvgIpc) is 2.21. The summed E-state index contributed by atoms with van der Waals surface area (Å²) in [5.74, 6) is 0.255. The van der Waals surface area contributed by atoms with E-state index in [-0.39, 0.29) is 5.78 Å². The molecule has 3 aliphatic rings. The number of ketones is 1. The zero-order valence-electron chi connectivity index (χ0n) is 8.75. The van der Waals surface area contributed by atoms with Crippen molar-refractivity contribution in [2.24, 2.45) is 0 Å². The normalized spacial score (nSPS) is 30.6. The lowest BCUT2D eigenvalue weighted by atomic mass is 10.2. The highest BCUT2D eigenvalue weighted by Crippen LogP contribution is 2.06. The topological polar surface area (TPSA) is 23.6 Å². The molecule has 0 unspecified atom stereocenters. The average molecular weight is 184 g/mol. The first-order valence-corrected chi connectivity index (χ1v) is 5.16. The maximum Gasteiger partial charge on any atom is 0.129 e. The molecule has 3 heterocycles. The van der Waals surface area contributed by atoms with Crippen LogP contribution in [0.25, 0.3) is 0 Å². The van der Waals surface area contributed by atoms with E-state index in [1.807, 2.05) is 6.92 Å². The van der Waals surface area contributed by atoms with Gasteiger partial charge < -0.3 is 4.79 Å². The monoisotopic (exact) mass is 184 g/mol. The number of hydrogen-bond donors (Lipinski definition) is 0. The van der Waals surface area contributed by atoms with Gasteiger partial charge in [0.25, 0.3) is 0 Å². The van der Waals surface area contributed by atoms with E-state index in [0.29, 0.717) is 6.42 Å². The van der Waals surface area contributed by atoms with E-state index >= 15 is 0 Å². The number of nitrogens with zero attached hydrogens (tertiary/aromatic N) is 2. The smallest absolute Gasteiger partial charge is 0.129 e. The molecule has 3 saturated heterocycles. The van der Waals surface area contributed by atoms with Crippen molar-refractivity contribution in [1.29, 1.82) is 0 Å². The predicted molar refractivity (Wildman–Crippen MR) is 53.9 cm³/mol. The standard InChI is InChI=1S/C6H12N2.C4H8O/c1-2-8-5-3-7(1)4-6-8;1-3-4(2)5/h1-6H2;3H2,1-2H3. The maximum absolute atomic E-state index is 9.81. The molecule has 0 atom stereocenters. The highest BCUT2D eigenvalue weighted by molar-refractivity contribution is 5.74. The Labute approximate surface area is 80.7 Å². The zero-order chi connectivity index (χ0) is 9.68. The van der Waals surface area contributed by atoms with Crippen LogP contribution in [0, 0.1) is 0 Å². The molecule has 0 N–H and O–H groups in total.